The van der Waals surface area contributed by atoms with Crippen molar-refractivity contribution in [3.8, 4) is 16.9 Å². The Hall–Kier alpha value is -1.76. The van der Waals surface area contributed by atoms with E-state index >= 15 is 0 Å². The van der Waals surface area contributed by atoms with Gasteiger partial charge in [0.15, 0.2) is 0 Å². The van der Waals surface area contributed by atoms with E-state index in [2.05, 4.69) is 38.1 Å². The van der Waals surface area contributed by atoms with Crippen LogP contribution in [0.15, 0.2) is 48.5 Å². The van der Waals surface area contributed by atoms with Crippen molar-refractivity contribution in [1.29, 1.82) is 0 Å². The highest BCUT2D eigenvalue weighted by Gasteiger charge is 2.15. The number of para-hydroxylation sites is 1. The first-order valence-corrected chi connectivity index (χ1v) is 8.65. The van der Waals surface area contributed by atoms with E-state index in [1.54, 1.807) is 6.07 Å². The Morgan fingerprint density at radius 1 is 0.818 bits per heavy atom. The molecule has 2 rings (SSSR count). The Labute approximate surface area is 135 Å². The molecule has 0 aliphatic rings. The molecule has 0 saturated heterocycles. The van der Waals surface area contributed by atoms with Crippen molar-refractivity contribution in [2.75, 3.05) is 0 Å². The first-order chi connectivity index (χ1) is 10.8. The number of phenols is 1. The molecule has 2 aromatic rings. The Kier molecular flexibility index (Phi) is 6.51. The lowest BCUT2D eigenvalue weighted by Crippen LogP contribution is -2.00. The lowest BCUT2D eigenvalue weighted by Gasteiger charge is -2.20. The Bertz CT molecular complexity index is 574. The van der Waals surface area contributed by atoms with Crippen LogP contribution in [0, 0.1) is 0 Å². The van der Waals surface area contributed by atoms with Gasteiger partial charge in [0, 0.05) is 5.56 Å². The minimum absolute atomic E-state index is 0.371. The lowest BCUT2D eigenvalue weighted by molar-refractivity contribution is 0.477. The fraction of sp³-hybridized carbons (Fsp3) is 0.429. The van der Waals surface area contributed by atoms with Gasteiger partial charge in [0.05, 0.1) is 0 Å². The quantitative estimate of drug-likeness (QED) is 0.549. The number of phenolic OH excluding ortho intramolecular Hbond substituents is 1. The highest BCUT2D eigenvalue weighted by molar-refractivity contribution is 5.73. The summed E-state index contributed by atoms with van der Waals surface area (Å²) in [4.78, 5) is 0. The standard InChI is InChI=1S/C21H28O/c1-3-5-6-7-12-17(4-2)18-13-8-9-14-19(18)20-15-10-11-16-21(20)22/h8-11,13-17,22H,3-7,12H2,1-2H3. The van der Waals surface area contributed by atoms with Gasteiger partial charge < -0.3 is 5.11 Å². The highest BCUT2D eigenvalue weighted by Crippen LogP contribution is 2.37. The van der Waals surface area contributed by atoms with Crippen LogP contribution in [0.5, 0.6) is 5.75 Å². The zero-order valence-electron chi connectivity index (χ0n) is 13.9. The van der Waals surface area contributed by atoms with Gasteiger partial charge in [0.25, 0.3) is 0 Å². The molecular formula is C21H28O. The molecule has 2 aromatic carbocycles. The molecule has 0 fully saturated rings. The highest BCUT2D eigenvalue weighted by atomic mass is 16.3. The third-order valence-corrected chi connectivity index (χ3v) is 4.49. The summed E-state index contributed by atoms with van der Waals surface area (Å²) < 4.78 is 0. The summed E-state index contributed by atoms with van der Waals surface area (Å²) in [5.41, 5.74) is 3.51. The van der Waals surface area contributed by atoms with Crippen LogP contribution in [0.4, 0.5) is 0 Å². The van der Waals surface area contributed by atoms with Crippen LogP contribution >= 0.6 is 0 Å². The average Bonchev–Trinajstić information content (AvgIpc) is 2.56. The van der Waals surface area contributed by atoms with Crippen LogP contribution in [0.1, 0.15) is 63.9 Å². The zero-order chi connectivity index (χ0) is 15.8. The molecule has 0 spiro atoms. The molecule has 0 bridgehead atoms. The second-order valence-electron chi connectivity index (χ2n) is 6.06. The van der Waals surface area contributed by atoms with Gasteiger partial charge in [0.1, 0.15) is 5.75 Å². The molecule has 1 N–H and O–H groups in total. The fourth-order valence-corrected chi connectivity index (χ4v) is 3.20. The number of hydrogen-bond acceptors (Lipinski definition) is 1. The summed E-state index contributed by atoms with van der Waals surface area (Å²) >= 11 is 0. The zero-order valence-corrected chi connectivity index (χ0v) is 13.9. The van der Waals surface area contributed by atoms with Gasteiger partial charge in [-0.25, -0.2) is 0 Å². The van der Waals surface area contributed by atoms with Crippen LogP contribution in [0.25, 0.3) is 11.1 Å². The summed E-state index contributed by atoms with van der Waals surface area (Å²) in [5, 5.41) is 10.2. The molecule has 22 heavy (non-hydrogen) atoms. The first kappa shape index (κ1) is 16.6. The summed E-state index contributed by atoms with van der Waals surface area (Å²) in [6, 6.07) is 16.2. The number of hydrogen-bond donors (Lipinski definition) is 1. The summed E-state index contributed by atoms with van der Waals surface area (Å²) in [6.07, 6.45) is 7.62. The number of benzene rings is 2. The van der Waals surface area contributed by atoms with E-state index < -0.39 is 0 Å². The molecule has 0 aliphatic carbocycles. The number of unbranched alkanes of at least 4 members (excludes halogenated alkanes) is 3. The maximum atomic E-state index is 10.2. The van der Waals surface area contributed by atoms with Crippen LogP contribution in [-0.2, 0) is 0 Å². The van der Waals surface area contributed by atoms with E-state index in [1.807, 2.05) is 18.2 Å². The van der Waals surface area contributed by atoms with E-state index in [0.29, 0.717) is 11.7 Å². The van der Waals surface area contributed by atoms with Crippen molar-refractivity contribution in [2.45, 2.75) is 58.3 Å². The van der Waals surface area contributed by atoms with E-state index in [9.17, 15) is 5.11 Å². The second-order valence-corrected chi connectivity index (χ2v) is 6.06. The first-order valence-electron chi connectivity index (χ1n) is 8.65. The fourth-order valence-electron chi connectivity index (χ4n) is 3.20. The molecule has 1 unspecified atom stereocenters. The average molecular weight is 296 g/mol. The molecule has 0 radical (unpaired) electrons. The molecular weight excluding hydrogens is 268 g/mol. The third-order valence-electron chi connectivity index (χ3n) is 4.49. The molecule has 1 atom stereocenters. The minimum Gasteiger partial charge on any atom is -0.507 e. The largest absolute Gasteiger partial charge is 0.507 e. The van der Waals surface area contributed by atoms with Crippen LogP contribution < -0.4 is 0 Å². The van der Waals surface area contributed by atoms with Crippen molar-refractivity contribution in [2.24, 2.45) is 0 Å². The molecule has 118 valence electrons. The molecule has 0 aliphatic heterocycles. The van der Waals surface area contributed by atoms with Crippen molar-refractivity contribution >= 4 is 0 Å². The predicted octanol–water partition coefficient (Wildman–Crippen LogP) is 6.52. The van der Waals surface area contributed by atoms with Crippen molar-refractivity contribution in [3.05, 3.63) is 54.1 Å². The maximum Gasteiger partial charge on any atom is 0.123 e. The van der Waals surface area contributed by atoms with E-state index in [-0.39, 0.29) is 0 Å². The Balaban J connectivity index is 2.25. The van der Waals surface area contributed by atoms with Gasteiger partial charge in [-0.3, -0.25) is 0 Å². The van der Waals surface area contributed by atoms with Crippen LogP contribution in [0.2, 0.25) is 0 Å². The Morgan fingerprint density at radius 2 is 1.50 bits per heavy atom. The maximum absolute atomic E-state index is 10.2. The van der Waals surface area contributed by atoms with Crippen molar-refractivity contribution < 1.29 is 5.11 Å². The second kappa shape index (κ2) is 8.63. The lowest BCUT2D eigenvalue weighted by atomic mass is 9.85. The summed E-state index contributed by atoms with van der Waals surface area (Å²) in [6.45, 7) is 4.52. The van der Waals surface area contributed by atoms with E-state index in [4.69, 9.17) is 0 Å². The van der Waals surface area contributed by atoms with E-state index in [0.717, 1.165) is 12.0 Å². The smallest absolute Gasteiger partial charge is 0.123 e. The monoisotopic (exact) mass is 296 g/mol. The predicted molar refractivity (Wildman–Crippen MR) is 95.3 cm³/mol. The molecule has 0 saturated carbocycles. The minimum atomic E-state index is 0.371. The molecule has 0 aromatic heterocycles. The van der Waals surface area contributed by atoms with Gasteiger partial charge in [-0.05, 0) is 36.0 Å². The molecule has 1 heteroatoms. The number of aromatic hydroxyl groups is 1. The van der Waals surface area contributed by atoms with Gasteiger partial charge in [-0.15, -0.1) is 0 Å². The normalized spacial score (nSPS) is 12.3. The van der Waals surface area contributed by atoms with Crippen LogP contribution in [-0.4, -0.2) is 5.11 Å². The number of rotatable bonds is 8. The third kappa shape index (κ3) is 4.13. The van der Waals surface area contributed by atoms with Crippen LogP contribution in [0.3, 0.4) is 0 Å². The van der Waals surface area contributed by atoms with E-state index in [1.165, 1.54) is 43.2 Å². The molecule has 0 amide bonds. The SMILES string of the molecule is CCCCCCC(CC)c1ccccc1-c1ccccc1O. The van der Waals surface area contributed by atoms with Gasteiger partial charge in [-0.2, -0.15) is 0 Å². The van der Waals surface area contributed by atoms with Crippen molar-refractivity contribution in [3.63, 3.8) is 0 Å². The molecule has 1 nitrogen and oxygen atoms in total. The summed E-state index contributed by atoms with van der Waals surface area (Å²) in [5.74, 6) is 0.948. The van der Waals surface area contributed by atoms with Crippen molar-refractivity contribution in [1.82, 2.24) is 0 Å². The molecule has 0 heterocycles. The summed E-state index contributed by atoms with van der Waals surface area (Å²) in [7, 11) is 0. The Morgan fingerprint density at radius 3 is 2.18 bits per heavy atom. The van der Waals surface area contributed by atoms with Gasteiger partial charge in [-0.1, -0.05) is 82.0 Å². The van der Waals surface area contributed by atoms with Gasteiger partial charge >= 0.3 is 0 Å². The van der Waals surface area contributed by atoms with Gasteiger partial charge in [0.2, 0.25) is 0 Å². The topological polar surface area (TPSA) is 20.2 Å².